The predicted molar refractivity (Wildman–Crippen MR) is 86.9 cm³/mol. The van der Waals surface area contributed by atoms with E-state index in [2.05, 4.69) is 15.2 Å². The fraction of sp³-hybridized carbons (Fsp3) is 0.250. The normalized spacial score (nSPS) is 11.2. The number of rotatable bonds is 7. The Morgan fingerprint density at radius 2 is 2.12 bits per heavy atom. The van der Waals surface area contributed by atoms with E-state index in [1.165, 1.54) is 18.2 Å². The summed E-state index contributed by atoms with van der Waals surface area (Å²) in [5, 5.41) is 7.39. The highest BCUT2D eigenvalue weighted by molar-refractivity contribution is 6.31. The second kappa shape index (κ2) is 8.44. The summed E-state index contributed by atoms with van der Waals surface area (Å²) in [6.07, 6.45) is 4.60. The summed E-state index contributed by atoms with van der Waals surface area (Å²) in [4.78, 5) is 11.8. The van der Waals surface area contributed by atoms with Crippen molar-refractivity contribution < 1.29 is 18.3 Å². The highest BCUT2D eigenvalue weighted by Crippen LogP contribution is 2.16. The molecule has 0 saturated heterocycles. The lowest BCUT2D eigenvalue weighted by molar-refractivity contribution is -0.116. The molecule has 0 aliphatic rings. The number of hydrogen-bond acceptors (Lipinski definition) is 3. The van der Waals surface area contributed by atoms with Gasteiger partial charge in [-0.05, 0) is 30.7 Å². The van der Waals surface area contributed by atoms with Crippen LogP contribution in [0.5, 0.6) is 5.75 Å². The molecule has 24 heavy (non-hydrogen) atoms. The van der Waals surface area contributed by atoms with Gasteiger partial charge in [-0.3, -0.25) is 9.48 Å². The molecule has 1 aromatic heterocycles. The molecule has 2 aromatic rings. The number of hydrogen-bond donors (Lipinski definition) is 1. The van der Waals surface area contributed by atoms with Crippen molar-refractivity contribution in [1.82, 2.24) is 15.1 Å². The van der Waals surface area contributed by atoms with Gasteiger partial charge in [0.05, 0.1) is 11.6 Å². The maximum Gasteiger partial charge on any atom is 0.387 e. The summed E-state index contributed by atoms with van der Waals surface area (Å²) in [6, 6.07) is 5.95. The van der Waals surface area contributed by atoms with Gasteiger partial charge in [0.2, 0.25) is 5.91 Å². The molecule has 128 valence electrons. The average Bonchev–Trinajstić information content (AvgIpc) is 2.92. The van der Waals surface area contributed by atoms with Gasteiger partial charge in [0.15, 0.2) is 0 Å². The van der Waals surface area contributed by atoms with Crippen LogP contribution in [-0.4, -0.2) is 22.3 Å². The molecule has 1 aromatic carbocycles. The van der Waals surface area contributed by atoms with Crippen molar-refractivity contribution in [3.05, 3.63) is 52.8 Å². The van der Waals surface area contributed by atoms with E-state index in [1.54, 1.807) is 29.1 Å². The summed E-state index contributed by atoms with van der Waals surface area (Å²) in [7, 11) is 0. The molecule has 5 nitrogen and oxygen atoms in total. The van der Waals surface area contributed by atoms with E-state index in [4.69, 9.17) is 11.6 Å². The SMILES string of the molecule is CCn1cc(Cl)c(CNC(=O)/C=C\c2ccc(OC(F)F)cc2)n1. The number of amides is 1. The third-order valence-corrected chi connectivity index (χ3v) is 3.39. The van der Waals surface area contributed by atoms with Crippen LogP contribution in [0.15, 0.2) is 36.5 Å². The van der Waals surface area contributed by atoms with Crippen LogP contribution in [0, 0.1) is 0 Å². The maximum atomic E-state index is 12.0. The van der Waals surface area contributed by atoms with Gasteiger partial charge < -0.3 is 10.1 Å². The topological polar surface area (TPSA) is 56.2 Å². The zero-order chi connectivity index (χ0) is 17.5. The molecular weight excluding hydrogens is 340 g/mol. The number of carbonyl (C=O) groups is 1. The number of nitrogens with zero attached hydrogens (tertiary/aromatic N) is 2. The predicted octanol–water partition coefficient (Wildman–Crippen LogP) is 3.49. The first-order chi connectivity index (χ1) is 11.5. The van der Waals surface area contributed by atoms with Gasteiger partial charge >= 0.3 is 6.61 Å². The van der Waals surface area contributed by atoms with E-state index in [0.717, 1.165) is 0 Å². The molecule has 0 bridgehead atoms. The molecule has 0 saturated carbocycles. The molecule has 1 heterocycles. The van der Waals surface area contributed by atoms with Crippen molar-refractivity contribution in [2.75, 3.05) is 0 Å². The lowest BCUT2D eigenvalue weighted by Crippen LogP contribution is -2.20. The van der Waals surface area contributed by atoms with E-state index in [0.29, 0.717) is 22.8 Å². The van der Waals surface area contributed by atoms with Crippen molar-refractivity contribution in [2.24, 2.45) is 0 Å². The Labute approximate surface area is 142 Å². The zero-order valence-electron chi connectivity index (χ0n) is 12.9. The number of ether oxygens (including phenoxy) is 1. The number of aryl methyl sites for hydroxylation is 1. The summed E-state index contributed by atoms with van der Waals surface area (Å²) < 4.78 is 30.0. The number of carbonyl (C=O) groups excluding carboxylic acids is 1. The Hall–Kier alpha value is -2.41. The van der Waals surface area contributed by atoms with Gasteiger partial charge in [-0.2, -0.15) is 13.9 Å². The molecule has 0 aliphatic heterocycles. The third kappa shape index (κ3) is 5.34. The van der Waals surface area contributed by atoms with Crippen LogP contribution in [0.4, 0.5) is 8.78 Å². The van der Waals surface area contributed by atoms with E-state index >= 15 is 0 Å². The van der Waals surface area contributed by atoms with Crippen LogP contribution < -0.4 is 10.1 Å². The van der Waals surface area contributed by atoms with Crippen LogP contribution in [0.25, 0.3) is 6.08 Å². The number of halogens is 3. The van der Waals surface area contributed by atoms with Crippen LogP contribution in [0.1, 0.15) is 18.2 Å². The van der Waals surface area contributed by atoms with E-state index < -0.39 is 6.61 Å². The maximum absolute atomic E-state index is 12.0. The number of nitrogens with one attached hydrogen (secondary N) is 1. The van der Waals surface area contributed by atoms with Gasteiger partial charge in [0.1, 0.15) is 11.4 Å². The summed E-state index contributed by atoms with van der Waals surface area (Å²) in [5.41, 5.74) is 1.27. The van der Waals surface area contributed by atoms with Gasteiger partial charge in [0.25, 0.3) is 0 Å². The van der Waals surface area contributed by atoms with Crippen molar-refractivity contribution in [2.45, 2.75) is 26.6 Å². The van der Waals surface area contributed by atoms with E-state index in [9.17, 15) is 13.6 Å². The largest absolute Gasteiger partial charge is 0.435 e. The molecule has 0 atom stereocenters. The van der Waals surface area contributed by atoms with Crippen LogP contribution in [0.2, 0.25) is 5.02 Å². The quantitative estimate of drug-likeness (QED) is 0.773. The van der Waals surface area contributed by atoms with E-state index in [-0.39, 0.29) is 18.2 Å². The van der Waals surface area contributed by atoms with Gasteiger partial charge in [-0.15, -0.1) is 0 Å². The molecule has 1 N–H and O–H groups in total. The minimum absolute atomic E-state index is 0.0627. The molecule has 0 radical (unpaired) electrons. The molecule has 0 fully saturated rings. The van der Waals surface area contributed by atoms with E-state index in [1.807, 2.05) is 6.92 Å². The Bertz CT molecular complexity index is 715. The van der Waals surface area contributed by atoms with Crippen LogP contribution in [0.3, 0.4) is 0 Å². The minimum atomic E-state index is -2.86. The van der Waals surface area contributed by atoms with Gasteiger partial charge in [0, 0.05) is 18.8 Å². The first-order valence-corrected chi connectivity index (χ1v) is 7.58. The highest BCUT2D eigenvalue weighted by atomic mass is 35.5. The standard InChI is InChI=1S/C16H16ClF2N3O2/c1-2-22-10-13(17)14(21-22)9-20-15(23)8-5-11-3-6-12(7-4-11)24-16(18)19/h3-8,10,16H,2,9H2,1H3,(H,20,23)/b8-5-. The fourth-order valence-electron chi connectivity index (χ4n) is 1.88. The van der Waals surface area contributed by atoms with Crippen LogP contribution >= 0.6 is 11.6 Å². The Morgan fingerprint density at radius 1 is 1.42 bits per heavy atom. The van der Waals surface area contributed by atoms with Gasteiger partial charge in [-0.1, -0.05) is 23.7 Å². The molecule has 8 heteroatoms. The lowest BCUT2D eigenvalue weighted by Gasteiger charge is -2.03. The van der Waals surface area contributed by atoms with Gasteiger partial charge in [-0.25, -0.2) is 0 Å². The molecule has 1 amide bonds. The Kier molecular flexibility index (Phi) is 6.31. The summed E-state index contributed by atoms with van der Waals surface area (Å²) in [5.74, 6) is -0.252. The fourth-order valence-corrected chi connectivity index (χ4v) is 2.10. The zero-order valence-corrected chi connectivity index (χ0v) is 13.6. The number of aromatic nitrogens is 2. The first kappa shape index (κ1) is 17.9. The third-order valence-electron chi connectivity index (χ3n) is 3.07. The van der Waals surface area contributed by atoms with Crippen LogP contribution in [-0.2, 0) is 17.9 Å². The molecule has 0 aliphatic carbocycles. The number of benzene rings is 1. The summed E-state index contributed by atoms with van der Waals surface area (Å²) >= 11 is 6.01. The van der Waals surface area contributed by atoms with Crippen molar-refractivity contribution in [3.8, 4) is 5.75 Å². The molecule has 0 spiro atoms. The smallest absolute Gasteiger partial charge is 0.387 e. The Balaban J connectivity index is 1.87. The monoisotopic (exact) mass is 355 g/mol. The molecular formula is C16H16ClF2N3O2. The molecule has 0 unspecified atom stereocenters. The minimum Gasteiger partial charge on any atom is -0.435 e. The first-order valence-electron chi connectivity index (χ1n) is 7.20. The van der Waals surface area contributed by atoms with Crippen molar-refractivity contribution in [3.63, 3.8) is 0 Å². The average molecular weight is 356 g/mol. The highest BCUT2D eigenvalue weighted by Gasteiger charge is 2.07. The summed E-state index contributed by atoms with van der Waals surface area (Å²) in [6.45, 7) is -0.0127. The lowest BCUT2D eigenvalue weighted by atomic mass is 10.2. The van der Waals surface area contributed by atoms with Crippen molar-refractivity contribution in [1.29, 1.82) is 0 Å². The second-order valence-corrected chi connectivity index (χ2v) is 5.19. The van der Waals surface area contributed by atoms with Crippen molar-refractivity contribution >= 4 is 23.6 Å². The second-order valence-electron chi connectivity index (χ2n) is 4.78. The molecule has 2 rings (SSSR count). The number of alkyl halides is 2. The Morgan fingerprint density at radius 3 is 2.71 bits per heavy atom.